The first-order chi connectivity index (χ1) is 10.5. The molecule has 1 amide bonds. The summed E-state index contributed by atoms with van der Waals surface area (Å²) in [5, 5.41) is 18.7. The highest BCUT2D eigenvalue weighted by molar-refractivity contribution is 5.95. The van der Waals surface area contributed by atoms with Crippen LogP contribution >= 0.6 is 0 Å². The van der Waals surface area contributed by atoms with Crippen molar-refractivity contribution >= 4 is 5.91 Å². The Morgan fingerprint density at radius 3 is 2.55 bits per heavy atom. The zero-order chi connectivity index (χ0) is 16.2. The number of carbonyl (C=O) groups excluding carboxylic acids is 1. The van der Waals surface area contributed by atoms with Crippen molar-refractivity contribution in [2.45, 2.75) is 6.92 Å². The minimum absolute atomic E-state index is 0.154. The lowest BCUT2D eigenvalue weighted by Crippen LogP contribution is -2.41. The minimum atomic E-state index is -0.716. The highest BCUT2D eigenvalue weighted by Gasteiger charge is 2.27. The van der Waals surface area contributed by atoms with Crippen LogP contribution in [0, 0.1) is 5.41 Å². The van der Waals surface area contributed by atoms with Crippen molar-refractivity contribution in [2.24, 2.45) is 5.41 Å². The van der Waals surface area contributed by atoms with Crippen LogP contribution in [0.25, 0.3) is 11.1 Å². The second kappa shape index (κ2) is 6.77. The molecule has 22 heavy (non-hydrogen) atoms. The summed E-state index contributed by atoms with van der Waals surface area (Å²) >= 11 is 0. The number of hydrogen-bond donors (Lipinski definition) is 2. The van der Waals surface area contributed by atoms with Gasteiger partial charge in [-0.1, -0.05) is 19.1 Å². The van der Waals surface area contributed by atoms with E-state index in [4.69, 9.17) is 4.42 Å². The average molecular weight is 303 g/mol. The van der Waals surface area contributed by atoms with Crippen molar-refractivity contribution in [2.75, 3.05) is 26.8 Å². The van der Waals surface area contributed by atoms with Gasteiger partial charge in [-0.3, -0.25) is 4.79 Å². The SMILES string of the molecule is CN(CC(C)(CO)CO)C(=O)c1cccc(-c2ccoc2)c1. The zero-order valence-corrected chi connectivity index (χ0v) is 12.8. The molecular formula is C17H21NO4. The predicted molar refractivity (Wildman–Crippen MR) is 83.4 cm³/mol. The Morgan fingerprint density at radius 1 is 1.23 bits per heavy atom. The van der Waals surface area contributed by atoms with Gasteiger partial charge in [0, 0.05) is 30.1 Å². The molecule has 0 aliphatic rings. The number of rotatable bonds is 6. The van der Waals surface area contributed by atoms with Gasteiger partial charge in [0.2, 0.25) is 0 Å². The molecule has 5 heteroatoms. The quantitative estimate of drug-likeness (QED) is 0.856. The highest BCUT2D eigenvalue weighted by atomic mass is 16.3. The molecule has 0 spiro atoms. The Labute approximate surface area is 129 Å². The predicted octanol–water partition coefficient (Wildman–Crippen LogP) is 2.01. The van der Waals surface area contributed by atoms with E-state index in [2.05, 4.69) is 0 Å². The van der Waals surface area contributed by atoms with Gasteiger partial charge >= 0.3 is 0 Å². The molecule has 2 aromatic rings. The Balaban J connectivity index is 2.17. The Bertz CT molecular complexity index is 617. The monoisotopic (exact) mass is 303 g/mol. The Hall–Kier alpha value is -2.11. The first-order valence-electron chi connectivity index (χ1n) is 7.09. The molecule has 1 aromatic carbocycles. The van der Waals surface area contributed by atoms with E-state index in [1.807, 2.05) is 18.2 Å². The van der Waals surface area contributed by atoms with Crippen molar-refractivity contribution in [3.05, 3.63) is 48.4 Å². The third kappa shape index (κ3) is 3.55. The van der Waals surface area contributed by atoms with Crippen molar-refractivity contribution in [3.63, 3.8) is 0 Å². The number of carbonyl (C=O) groups is 1. The maximum absolute atomic E-state index is 12.5. The van der Waals surface area contributed by atoms with E-state index in [9.17, 15) is 15.0 Å². The van der Waals surface area contributed by atoms with Crippen molar-refractivity contribution in [1.29, 1.82) is 0 Å². The largest absolute Gasteiger partial charge is 0.472 e. The molecule has 1 aromatic heterocycles. The molecule has 1 heterocycles. The molecule has 0 aliphatic heterocycles. The van der Waals surface area contributed by atoms with Crippen LogP contribution in [0.3, 0.4) is 0 Å². The van der Waals surface area contributed by atoms with Crippen LogP contribution in [0.2, 0.25) is 0 Å². The van der Waals surface area contributed by atoms with E-state index in [1.54, 1.807) is 38.6 Å². The standard InChI is InChI=1S/C17H21NO4/c1-17(11-19,12-20)10-18(2)16(21)14-5-3-4-13(8-14)15-6-7-22-9-15/h3-9,19-20H,10-12H2,1-2H3. The lowest BCUT2D eigenvalue weighted by Gasteiger charge is -2.30. The van der Waals surface area contributed by atoms with Gasteiger partial charge in [-0.15, -0.1) is 0 Å². The van der Waals surface area contributed by atoms with E-state index in [0.717, 1.165) is 11.1 Å². The molecule has 2 N–H and O–H groups in total. The normalized spacial score (nSPS) is 11.5. The summed E-state index contributed by atoms with van der Waals surface area (Å²) in [4.78, 5) is 14.0. The first-order valence-corrected chi connectivity index (χ1v) is 7.09. The van der Waals surface area contributed by atoms with Crippen LogP contribution in [0.15, 0.2) is 47.3 Å². The van der Waals surface area contributed by atoms with E-state index in [0.29, 0.717) is 5.56 Å². The number of aliphatic hydroxyl groups is 2. The fraction of sp³-hybridized carbons (Fsp3) is 0.353. The van der Waals surface area contributed by atoms with Gasteiger partial charge in [-0.25, -0.2) is 0 Å². The van der Waals surface area contributed by atoms with E-state index >= 15 is 0 Å². The molecule has 0 atom stereocenters. The molecule has 0 unspecified atom stereocenters. The molecule has 0 fully saturated rings. The molecule has 2 rings (SSSR count). The maximum Gasteiger partial charge on any atom is 0.253 e. The van der Waals surface area contributed by atoms with Gasteiger partial charge in [0.25, 0.3) is 5.91 Å². The van der Waals surface area contributed by atoms with Crippen molar-refractivity contribution < 1.29 is 19.4 Å². The van der Waals surface area contributed by atoms with E-state index < -0.39 is 5.41 Å². The zero-order valence-electron chi connectivity index (χ0n) is 12.8. The number of amides is 1. The fourth-order valence-corrected chi connectivity index (χ4v) is 2.28. The number of hydrogen-bond acceptors (Lipinski definition) is 4. The summed E-state index contributed by atoms with van der Waals surface area (Å²) in [5.74, 6) is -0.154. The second-order valence-corrected chi connectivity index (χ2v) is 5.88. The number of benzene rings is 1. The summed E-state index contributed by atoms with van der Waals surface area (Å²) in [6, 6.07) is 9.12. The van der Waals surface area contributed by atoms with Crippen molar-refractivity contribution in [1.82, 2.24) is 4.90 Å². The van der Waals surface area contributed by atoms with E-state index in [-0.39, 0.29) is 25.7 Å². The van der Waals surface area contributed by atoms with Gasteiger partial charge in [0.1, 0.15) is 0 Å². The molecular weight excluding hydrogens is 282 g/mol. The molecule has 118 valence electrons. The van der Waals surface area contributed by atoms with Crippen LogP contribution in [-0.2, 0) is 0 Å². The van der Waals surface area contributed by atoms with E-state index in [1.165, 1.54) is 4.90 Å². The minimum Gasteiger partial charge on any atom is -0.472 e. The summed E-state index contributed by atoms with van der Waals surface area (Å²) in [5.41, 5.74) is 1.65. The summed E-state index contributed by atoms with van der Waals surface area (Å²) in [6.07, 6.45) is 3.21. The number of aliphatic hydroxyl groups excluding tert-OH is 2. The molecule has 0 saturated carbocycles. The van der Waals surface area contributed by atoms with Crippen LogP contribution in [-0.4, -0.2) is 47.8 Å². The summed E-state index contributed by atoms with van der Waals surface area (Å²) in [7, 11) is 1.66. The molecule has 0 radical (unpaired) electrons. The van der Waals surface area contributed by atoms with Gasteiger partial charge in [-0.05, 0) is 23.8 Å². The van der Waals surface area contributed by atoms with Crippen LogP contribution in [0.4, 0.5) is 0 Å². The highest BCUT2D eigenvalue weighted by Crippen LogP contribution is 2.22. The first kappa shape index (κ1) is 16.3. The molecule has 0 saturated heterocycles. The maximum atomic E-state index is 12.5. The molecule has 0 bridgehead atoms. The number of nitrogens with zero attached hydrogens (tertiary/aromatic N) is 1. The summed E-state index contributed by atoms with van der Waals surface area (Å²) < 4.78 is 5.06. The lowest BCUT2D eigenvalue weighted by atomic mass is 9.92. The second-order valence-electron chi connectivity index (χ2n) is 5.88. The van der Waals surface area contributed by atoms with Crippen LogP contribution < -0.4 is 0 Å². The van der Waals surface area contributed by atoms with Gasteiger partial charge < -0.3 is 19.5 Å². The Morgan fingerprint density at radius 2 is 1.95 bits per heavy atom. The topological polar surface area (TPSA) is 73.9 Å². The third-order valence-electron chi connectivity index (χ3n) is 3.69. The number of furan rings is 1. The van der Waals surface area contributed by atoms with Crippen LogP contribution in [0.5, 0.6) is 0 Å². The fourth-order valence-electron chi connectivity index (χ4n) is 2.28. The smallest absolute Gasteiger partial charge is 0.253 e. The Kier molecular flexibility index (Phi) is 5.00. The molecule has 5 nitrogen and oxygen atoms in total. The summed E-state index contributed by atoms with van der Waals surface area (Å²) in [6.45, 7) is 1.64. The molecule has 0 aliphatic carbocycles. The third-order valence-corrected chi connectivity index (χ3v) is 3.69. The average Bonchev–Trinajstić information content (AvgIpc) is 3.08. The van der Waals surface area contributed by atoms with Crippen LogP contribution in [0.1, 0.15) is 17.3 Å². The van der Waals surface area contributed by atoms with Gasteiger partial charge in [-0.2, -0.15) is 0 Å². The van der Waals surface area contributed by atoms with Crippen molar-refractivity contribution in [3.8, 4) is 11.1 Å². The lowest BCUT2D eigenvalue weighted by molar-refractivity contribution is 0.0366. The van der Waals surface area contributed by atoms with Gasteiger partial charge in [0.15, 0.2) is 0 Å². The van der Waals surface area contributed by atoms with Gasteiger partial charge in [0.05, 0.1) is 25.7 Å².